The highest BCUT2D eigenvalue weighted by atomic mass is 16.5. The maximum absolute atomic E-state index is 11.4. The van der Waals surface area contributed by atoms with E-state index in [-0.39, 0.29) is 0 Å². The lowest BCUT2D eigenvalue weighted by Gasteiger charge is -2.09. The maximum atomic E-state index is 11.4. The van der Waals surface area contributed by atoms with Crippen LogP contribution in [0.2, 0.25) is 0 Å². The molecule has 94 valence electrons. The molecule has 2 aromatic rings. The Morgan fingerprint density at radius 3 is 3.00 bits per heavy atom. The molecule has 1 heterocycles. The lowest BCUT2D eigenvalue weighted by molar-refractivity contribution is 0.168. The van der Waals surface area contributed by atoms with Gasteiger partial charge in [0.1, 0.15) is 0 Å². The van der Waals surface area contributed by atoms with Crippen molar-refractivity contribution >= 4 is 11.8 Å². The number of H-pyrrole nitrogens is 1. The van der Waals surface area contributed by atoms with Crippen molar-refractivity contribution in [2.24, 2.45) is 0 Å². The van der Waals surface area contributed by atoms with Crippen molar-refractivity contribution in [2.45, 2.75) is 13.3 Å². The van der Waals surface area contributed by atoms with Crippen LogP contribution in [0.3, 0.4) is 0 Å². The fourth-order valence-electron chi connectivity index (χ4n) is 1.50. The van der Waals surface area contributed by atoms with Crippen LogP contribution in [-0.4, -0.2) is 33.3 Å². The predicted molar refractivity (Wildman–Crippen MR) is 64.1 cm³/mol. The molecule has 7 nitrogen and oxygen atoms in total. The number of anilines is 1. The largest absolute Gasteiger partial charge is 0.450 e. The monoisotopic (exact) mass is 247 g/mol. The summed E-state index contributed by atoms with van der Waals surface area (Å²) in [6, 6.07) is 7.40. The smallest absolute Gasteiger partial charge is 0.411 e. The third kappa shape index (κ3) is 3.03. The Bertz CT molecular complexity index is 512. The number of aromatic amines is 1. The molecule has 0 aliphatic heterocycles. The van der Waals surface area contributed by atoms with Gasteiger partial charge in [-0.05, 0) is 18.6 Å². The molecule has 2 N–H and O–H groups in total. The van der Waals surface area contributed by atoms with Gasteiger partial charge in [0, 0.05) is 12.1 Å². The van der Waals surface area contributed by atoms with E-state index < -0.39 is 6.09 Å². The molecule has 1 aromatic heterocycles. The summed E-state index contributed by atoms with van der Waals surface area (Å²) in [5, 5.41) is 16.3. The molecule has 0 saturated carbocycles. The summed E-state index contributed by atoms with van der Waals surface area (Å²) in [5.41, 5.74) is 1.58. The van der Waals surface area contributed by atoms with Gasteiger partial charge in [0.25, 0.3) is 0 Å². The first-order valence-corrected chi connectivity index (χ1v) is 5.53. The van der Waals surface area contributed by atoms with Crippen LogP contribution < -0.4 is 5.32 Å². The molecule has 0 unspecified atom stereocenters. The summed E-state index contributed by atoms with van der Waals surface area (Å²) < 4.78 is 4.84. The Labute approximate surface area is 104 Å². The third-order valence-corrected chi connectivity index (χ3v) is 2.27. The Kier molecular flexibility index (Phi) is 3.85. The van der Waals surface area contributed by atoms with Gasteiger partial charge in [-0.25, -0.2) is 4.79 Å². The number of amides is 1. The number of nitrogens with one attached hydrogen (secondary N) is 2. The average molecular weight is 247 g/mol. The summed E-state index contributed by atoms with van der Waals surface area (Å²) >= 11 is 0. The number of benzene rings is 1. The second kappa shape index (κ2) is 5.76. The number of ether oxygens (including phenoxy) is 1. The number of rotatable bonds is 4. The van der Waals surface area contributed by atoms with E-state index >= 15 is 0 Å². The molecule has 1 amide bonds. The molecule has 18 heavy (non-hydrogen) atoms. The van der Waals surface area contributed by atoms with E-state index in [1.54, 1.807) is 13.0 Å². The van der Waals surface area contributed by atoms with Crippen molar-refractivity contribution in [3.63, 3.8) is 0 Å². The fourth-order valence-corrected chi connectivity index (χ4v) is 1.50. The summed E-state index contributed by atoms with van der Waals surface area (Å²) in [4.78, 5) is 11.4. The number of para-hydroxylation sites is 1. The number of hydrogen-bond donors (Lipinski definition) is 2. The van der Waals surface area contributed by atoms with E-state index in [1.807, 2.05) is 18.2 Å². The highest BCUT2D eigenvalue weighted by molar-refractivity contribution is 5.85. The number of hydrogen-bond acceptors (Lipinski definition) is 5. The van der Waals surface area contributed by atoms with E-state index in [1.165, 1.54) is 0 Å². The first-order chi connectivity index (χ1) is 8.79. The first kappa shape index (κ1) is 12.0. The minimum Gasteiger partial charge on any atom is -0.450 e. The second-order valence-electron chi connectivity index (χ2n) is 3.51. The van der Waals surface area contributed by atoms with Crippen LogP contribution in [0.4, 0.5) is 10.5 Å². The fraction of sp³-hybridized carbons (Fsp3) is 0.273. The number of carbonyl (C=O) groups is 1. The minimum atomic E-state index is -0.474. The van der Waals surface area contributed by atoms with Crippen LogP contribution in [0.1, 0.15) is 18.3 Å². The van der Waals surface area contributed by atoms with E-state index in [4.69, 9.17) is 4.74 Å². The molecule has 0 bridgehead atoms. The van der Waals surface area contributed by atoms with E-state index in [0.29, 0.717) is 24.5 Å². The molecule has 0 saturated heterocycles. The normalized spacial score (nSPS) is 10.1. The Balaban J connectivity index is 2.12. The zero-order chi connectivity index (χ0) is 12.8. The summed E-state index contributed by atoms with van der Waals surface area (Å²) in [5.74, 6) is 0.563. The molecule has 0 aliphatic rings. The molecule has 7 heteroatoms. The van der Waals surface area contributed by atoms with Gasteiger partial charge in [0.15, 0.2) is 5.82 Å². The maximum Gasteiger partial charge on any atom is 0.411 e. The van der Waals surface area contributed by atoms with Crippen molar-refractivity contribution < 1.29 is 9.53 Å². The molecule has 0 atom stereocenters. The number of carbonyl (C=O) groups excluding carboxylic acids is 1. The van der Waals surface area contributed by atoms with Gasteiger partial charge in [-0.15, -0.1) is 10.2 Å². The first-order valence-electron chi connectivity index (χ1n) is 5.53. The lowest BCUT2D eigenvalue weighted by atomic mass is 10.1. The van der Waals surface area contributed by atoms with Crippen LogP contribution in [-0.2, 0) is 11.2 Å². The van der Waals surface area contributed by atoms with Crippen molar-refractivity contribution in [3.05, 3.63) is 35.7 Å². The van der Waals surface area contributed by atoms with Crippen molar-refractivity contribution in [2.75, 3.05) is 11.9 Å². The van der Waals surface area contributed by atoms with Crippen molar-refractivity contribution in [3.8, 4) is 0 Å². The highest BCUT2D eigenvalue weighted by Gasteiger charge is 2.09. The molecule has 0 aliphatic carbocycles. The Hall–Kier alpha value is -2.44. The van der Waals surface area contributed by atoms with Gasteiger partial charge in [0.05, 0.1) is 6.61 Å². The predicted octanol–water partition coefficient (Wildman–Crippen LogP) is 1.36. The number of aromatic nitrogens is 4. The molecule has 0 spiro atoms. The highest BCUT2D eigenvalue weighted by Crippen LogP contribution is 2.17. The van der Waals surface area contributed by atoms with Crippen LogP contribution in [0.5, 0.6) is 0 Å². The van der Waals surface area contributed by atoms with E-state index in [9.17, 15) is 4.79 Å². The summed E-state index contributed by atoms with van der Waals surface area (Å²) in [6.45, 7) is 2.09. The standard InChI is InChI=1S/C11H13N5O2/c1-2-18-11(17)12-9-6-4-3-5-8(9)7-10-13-15-16-14-10/h3-6H,2,7H2,1H3,(H,12,17)(H,13,14,15,16). The number of tetrazole rings is 1. The van der Waals surface area contributed by atoms with Gasteiger partial charge in [-0.2, -0.15) is 5.21 Å². The molecule has 0 radical (unpaired) electrons. The summed E-state index contributed by atoms with van der Waals surface area (Å²) in [7, 11) is 0. The van der Waals surface area contributed by atoms with Gasteiger partial charge in [-0.3, -0.25) is 5.32 Å². The zero-order valence-electron chi connectivity index (χ0n) is 9.88. The van der Waals surface area contributed by atoms with Crippen molar-refractivity contribution in [1.82, 2.24) is 20.6 Å². The van der Waals surface area contributed by atoms with Gasteiger partial charge in [0.2, 0.25) is 0 Å². The van der Waals surface area contributed by atoms with Gasteiger partial charge < -0.3 is 4.74 Å². The van der Waals surface area contributed by atoms with Crippen LogP contribution >= 0.6 is 0 Å². The van der Waals surface area contributed by atoms with Crippen LogP contribution in [0.15, 0.2) is 24.3 Å². The van der Waals surface area contributed by atoms with Gasteiger partial charge in [-0.1, -0.05) is 23.4 Å². The minimum absolute atomic E-state index is 0.332. The van der Waals surface area contributed by atoms with E-state index in [2.05, 4.69) is 25.9 Å². The SMILES string of the molecule is CCOC(=O)Nc1ccccc1Cc1nn[nH]n1. The molecular formula is C11H13N5O2. The second-order valence-corrected chi connectivity index (χ2v) is 3.51. The molecule has 2 rings (SSSR count). The van der Waals surface area contributed by atoms with E-state index in [0.717, 1.165) is 5.56 Å². The topological polar surface area (TPSA) is 92.8 Å². The quantitative estimate of drug-likeness (QED) is 0.850. The Morgan fingerprint density at radius 2 is 2.28 bits per heavy atom. The van der Waals surface area contributed by atoms with Gasteiger partial charge >= 0.3 is 6.09 Å². The molecular weight excluding hydrogens is 234 g/mol. The van der Waals surface area contributed by atoms with Crippen molar-refractivity contribution in [1.29, 1.82) is 0 Å². The number of nitrogens with zero attached hydrogens (tertiary/aromatic N) is 3. The lowest BCUT2D eigenvalue weighted by Crippen LogP contribution is -2.14. The summed E-state index contributed by atoms with van der Waals surface area (Å²) in [6.07, 6.45) is 0.0112. The molecule has 1 aromatic carbocycles. The Morgan fingerprint density at radius 1 is 1.44 bits per heavy atom. The third-order valence-electron chi connectivity index (χ3n) is 2.27. The zero-order valence-corrected chi connectivity index (χ0v) is 9.88. The van der Waals surface area contributed by atoms with Crippen LogP contribution in [0.25, 0.3) is 0 Å². The average Bonchev–Trinajstić information content (AvgIpc) is 2.85. The molecule has 0 fully saturated rings. The van der Waals surface area contributed by atoms with Crippen LogP contribution in [0, 0.1) is 0 Å².